The summed E-state index contributed by atoms with van der Waals surface area (Å²) in [5.41, 5.74) is 4.14. The van der Waals surface area contributed by atoms with Gasteiger partial charge < -0.3 is 0 Å². The Morgan fingerprint density at radius 2 is 2.00 bits per heavy atom. The lowest BCUT2D eigenvalue weighted by atomic mass is 9.97. The zero-order valence-corrected chi connectivity index (χ0v) is 9.67. The molecular formula is C14H20. The molecule has 0 aliphatic rings. The van der Waals surface area contributed by atoms with Crippen molar-refractivity contribution in [2.45, 2.75) is 40.0 Å². The zero-order chi connectivity index (χ0) is 10.6. The highest BCUT2D eigenvalue weighted by Crippen LogP contribution is 2.19. The molecule has 0 saturated carbocycles. The highest BCUT2D eigenvalue weighted by Gasteiger charge is 2.00. The maximum absolute atomic E-state index is 2.30. The Hall–Kier alpha value is -1.04. The van der Waals surface area contributed by atoms with E-state index in [4.69, 9.17) is 0 Å². The minimum absolute atomic E-state index is 0.615. The van der Waals surface area contributed by atoms with Crippen LogP contribution in [0.4, 0.5) is 0 Å². The Bertz CT molecular complexity index is 319. The van der Waals surface area contributed by atoms with E-state index in [1.165, 1.54) is 16.7 Å². The number of allylic oxidation sites excluding steroid dienone is 1. The van der Waals surface area contributed by atoms with Crippen LogP contribution >= 0.6 is 0 Å². The van der Waals surface area contributed by atoms with E-state index in [0.717, 1.165) is 6.42 Å². The average molecular weight is 188 g/mol. The second kappa shape index (κ2) is 4.99. The van der Waals surface area contributed by atoms with Gasteiger partial charge in [-0.1, -0.05) is 51.1 Å². The second-order valence-corrected chi connectivity index (χ2v) is 4.08. The average Bonchev–Trinajstić information content (AvgIpc) is 2.16. The molecule has 0 radical (unpaired) electrons. The van der Waals surface area contributed by atoms with Crippen molar-refractivity contribution in [2.75, 3.05) is 0 Å². The summed E-state index contributed by atoms with van der Waals surface area (Å²) in [5.74, 6) is 0.615. The third kappa shape index (κ3) is 2.73. The van der Waals surface area contributed by atoms with E-state index in [1.54, 1.807) is 0 Å². The van der Waals surface area contributed by atoms with E-state index in [1.807, 2.05) is 0 Å². The molecule has 0 heteroatoms. The number of hydrogen-bond donors (Lipinski definition) is 0. The number of benzene rings is 1. The minimum atomic E-state index is 0.615. The quantitative estimate of drug-likeness (QED) is 0.653. The summed E-state index contributed by atoms with van der Waals surface area (Å²) in [6, 6.07) is 6.74. The van der Waals surface area contributed by atoms with Crippen LogP contribution in [-0.4, -0.2) is 0 Å². The summed E-state index contributed by atoms with van der Waals surface area (Å²) >= 11 is 0. The van der Waals surface area contributed by atoms with Crippen LogP contribution in [0.3, 0.4) is 0 Å². The van der Waals surface area contributed by atoms with Crippen LogP contribution < -0.4 is 0 Å². The molecule has 0 unspecified atom stereocenters. The van der Waals surface area contributed by atoms with Gasteiger partial charge in [0.1, 0.15) is 0 Å². The number of hydrogen-bond acceptors (Lipinski definition) is 0. The maximum Gasteiger partial charge on any atom is -0.0219 e. The maximum atomic E-state index is 2.30. The molecule has 76 valence electrons. The van der Waals surface area contributed by atoms with E-state index < -0.39 is 0 Å². The molecule has 0 aliphatic carbocycles. The largest absolute Gasteiger partial charge is 0.0842 e. The molecule has 1 aromatic rings. The van der Waals surface area contributed by atoms with Gasteiger partial charge in [-0.3, -0.25) is 0 Å². The van der Waals surface area contributed by atoms with Crippen molar-refractivity contribution in [3.8, 4) is 0 Å². The molecule has 0 nitrogen and oxygen atoms in total. The molecule has 0 heterocycles. The van der Waals surface area contributed by atoms with Crippen molar-refractivity contribution in [1.82, 2.24) is 0 Å². The molecule has 0 atom stereocenters. The van der Waals surface area contributed by atoms with Crippen LogP contribution in [0.5, 0.6) is 0 Å². The monoisotopic (exact) mass is 188 g/mol. The lowest BCUT2D eigenvalue weighted by Crippen LogP contribution is -1.89. The Labute approximate surface area is 87.7 Å². The summed E-state index contributed by atoms with van der Waals surface area (Å²) in [6.07, 6.45) is 5.54. The van der Waals surface area contributed by atoms with Crippen LogP contribution in [-0.2, 0) is 0 Å². The highest BCUT2D eigenvalue weighted by atomic mass is 14.1. The summed E-state index contributed by atoms with van der Waals surface area (Å²) in [5, 5.41) is 0. The SMILES string of the molecule is CC/C=C\c1cc(C(C)C)ccc1C. The van der Waals surface area contributed by atoms with Gasteiger partial charge in [0.15, 0.2) is 0 Å². The third-order valence-electron chi connectivity index (χ3n) is 2.50. The van der Waals surface area contributed by atoms with Gasteiger partial charge in [0.2, 0.25) is 0 Å². The highest BCUT2D eigenvalue weighted by molar-refractivity contribution is 5.54. The van der Waals surface area contributed by atoms with Gasteiger partial charge in [0.05, 0.1) is 0 Å². The lowest BCUT2D eigenvalue weighted by molar-refractivity contribution is 0.865. The minimum Gasteiger partial charge on any atom is -0.0842 e. The zero-order valence-electron chi connectivity index (χ0n) is 9.67. The Morgan fingerprint density at radius 1 is 1.29 bits per heavy atom. The Kier molecular flexibility index (Phi) is 3.94. The number of rotatable bonds is 3. The third-order valence-corrected chi connectivity index (χ3v) is 2.50. The normalized spacial score (nSPS) is 11.5. The standard InChI is InChI=1S/C14H20/c1-5-6-7-14-10-13(11(2)3)9-8-12(14)4/h6-11H,5H2,1-4H3/b7-6-. The first-order valence-electron chi connectivity index (χ1n) is 5.42. The van der Waals surface area contributed by atoms with Crippen LogP contribution in [0.1, 0.15) is 49.8 Å². The van der Waals surface area contributed by atoms with Gasteiger partial charge in [-0.2, -0.15) is 0 Å². The first-order chi connectivity index (χ1) is 6.65. The van der Waals surface area contributed by atoms with Crippen LogP contribution in [0.15, 0.2) is 24.3 Å². The van der Waals surface area contributed by atoms with E-state index in [2.05, 4.69) is 58.0 Å². The Balaban J connectivity index is 3.02. The van der Waals surface area contributed by atoms with Gasteiger partial charge in [-0.05, 0) is 36.0 Å². The molecule has 0 aromatic heterocycles. The predicted molar refractivity (Wildman–Crippen MR) is 64.6 cm³/mol. The van der Waals surface area contributed by atoms with Gasteiger partial charge in [-0.25, -0.2) is 0 Å². The summed E-state index contributed by atoms with van der Waals surface area (Å²) in [6.45, 7) is 8.80. The van der Waals surface area contributed by atoms with Crippen molar-refractivity contribution in [1.29, 1.82) is 0 Å². The van der Waals surface area contributed by atoms with Crippen molar-refractivity contribution in [3.05, 3.63) is 41.0 Å². The first-order valence-corrected chi connectivity index (χ1v) is 5.42. The Morgan fingerprint density at radius 3 is 2.57 bits per heavy atom. The summed E-state index contributed by atoms with van der Waals surface area (Å²) in [7, 11) is 0. The van der Waals surface area contributed by atoms with Gasteiger partial charge in [0, 0.05) is 0 Å². The van der Waals surface area contributed by atoms with Crippen molar-refractivity contribution >= 4 is 6.08 Å². The molecule has 0 aliphatic heterocycles. The van der Waals surface area contributed by atoms with Crippen LogP contribution in [0.25, 0.3) is 6.08 Å². The predicted octanol–water partition coefficient (Wildman–Crippen LogP) is 4.54. The van der Waals surface area contributed by atoms with E-state index in [0.29, 0.717) is 5.92 Å². The molecule has 14 heavy (non-hydrogen) atoms. The van der Waals surface area contributed by atoms with Gasteiger partial charge >= 0.3 is 0 Å². The molecule has 0 bridgehead atoms. The number of aryl methyl sites for hydroxylation is 1. The van der Waals surface area contributed by atoms with Crippen molar-refractivity contribution in [3.63, 3.8) is 0 Å². The van der Waals surface area contributed by atoms with E-state index >= 15 is 0 Å². The molecule has 1 aromatic carbocycles. The molecule has 1 rings (SSSR count). The van der Waals surface area contributed by atoms with E-state index in [-0.39, 0.29) is 0 Å². The fourth-order valence-corrected chi connectivity index (χ4v) is 1.44. The lowest BCUT2D eigenvalue weighted by Gasteiger charge is -2.08. The molecule has 0 amide bonds. The summed E-state index contributed by atoms with van der Waals surface area (Å²) in [4.78, 5) is 0. The van der Waals surface area contributed by atoms with Gasteiger partial charge in [0.25, 0.3) is 0 Å². The molecular weight excluding hydrogens is 168 g/mol. The molecule has 0 spiro atoms. The van der Waals surface area contributed by atoms with Crippen molar-refractivity contribution in [2.24, 2.45) is 0 Å². The summed E-state index contributed by atoms with van der Waals surface area (Å²) < 4.78 is 0. The van der Waals surface area contributed by atoms with Crippen LogP contribution in [0, 0.1) is 6.92 Å². The smallest absolute Gasteiger partial charge is 0.0219 e. The van der Waals surface area contributed by atoms with Crippen LogP contribution in [0.2, 0.25) is 0 Å². The fraction of sp³-hybridized carbons (Fsp3) is 0.429. The van der Waals surface area contributed by atoms with E-state index in [9.17, 15) is 0 Å². The molecule has 0 N–H and O–H groups in total. The molecule has 0 saturated heterocycles. The van der Waals surface area contributed by atoms with Gasteiger partial charge in [-0.15, -0.1) is 0 Å². The second-order valence-electron chi connectivity index (χ2n) is 4.08. The fourth-order valence-electron chi connectivity index (χ4n) is 1.44. The topological polar surface area (TPSA) is 0 Å². The molecule has 0 fully saturated rings. The first kappa shape index (κ1) is 11.0. The van der Waals surface area contributed by atoms with Crippen molar-refractivity contribution < 1.29 is 0 Å².